The van der Waals surface area contributed by atoms with E-state index < -0.39 is 5.54 Å². The number of ether oxygens (including phenoxy) is 1. The van der Waals surface area contributed by atoms with Crippen LogP contribution in [-0.2, 0) is 16.0 Å². The van der Waals surface area contributed by atoms with Crippen molar-refractivity contribution in [3.63, 3.8) is 0 Å². The Morgan fingerprint density at radius 3 is 2.79 bits per heavy atom. The van der Waals surface area contributed by atoms with Crippen LogP contribution in [0.4, 0.5) is 5.69 Å². The van der Waals surface area contributed by atoms with Crippen molar-refractivity contribution < 1.29 is 9.53 Å². The van der Waals surface area contributed by atoms with Gasteiger partial charge in [-0.15, -0.1) is 0 Å². The van der Waals surface area contributed by atoms with Crippen LogP contribution >= 0.6 is 15.9 Å². The number of benzene rings is 1. The van der Waals surface area contributed by atoms with Crippen molar-refractivity contribution in [2.24, 2.45) is 5.73 Å². The molecule has 1 saturated heterocycles. The monoisotopic (exact) mass is 326 g/mol. The molecule has 0 radical (unpaired) electrons. The second-order valence-electron chi connectivity index (χ2n) is 4.88. The average molecular weight is 327 g/mol. The SMILES string of the molecule is CCc1cc(Br)ccc1NC(=O)C1(N)CCOCC1. The smallest absolute Gasteiger partial charge is 0.244 e. The summed E-state index contributed by atoms with van der Waals surface area (Å²) < 4.78 is 6.27. The highest BCUT2D eigenvalue weighted by atomic mass is 79.9. The third-order valence-corrected chi connectivity index (χ3v) is 4.03. The number of amides is 1. The number of halogens is 1. The van der Waals surface area contributed by atoms with Gasteiger partial charge < -0.3 is 15.8 Å². The van der Waals surface area contributed by atoms with Crippen molar-refractivity contribution in [3.05, 3.63) is 28.2 Å². The third kappa shape index (κ3) is 3.35. The topological polar surface area (TPSA) is 64.4 Å². The summed E-state index contributed by atoms with van der Waals surface area (Å²) in [6.07, 6.45) is 1.99. The molecule has 2 rings (SSSR count). The van der Waals surface area contributed by atoms with Crippen molar-refractivity contribution in [1.82, 2.24) is 0 Å². The predicted molar refractivity (Wildman–Crippen MR) is 79.1 cm³/mol. The second-order valence-corrected chi connectivity index (χ2v) is 5.79. The van der Waals surface area contributed by atoms with Crippen LogP contribution in [0.5, 0.6) is 0 Å². The molecule has 1 aliphatic rings. The van der Waals surface area contributed by atoms with Gasteiger partial charge in [0, 0.05) is 23.4 Å². The average Bonchev–Trinajstić information content (AvgIpc) is 2.41. The number of hydrogen-bond acceptors (Lipinski definition) is 3. The zero-order chi connectivity index (χ0) is 13.9. The maximum Gasteiger partial charge on any atom is 0.244 e. The molecule has 0 spiro atoms. The molecule has 0 aliphatic carbocycles. The lowest BCUT2D eigenvalue weighted by molar-refractivity contribution is -0.124. The number of carbonyl (C=O) groups excluding carboxylic acids is 1. The summed E-state index contributed by atoms with van der Waals surface area (Å²) in [5.41, 5.74) is 7.30. The normalized spacial score (nSPS) is 18.1. The van der Waals surface area contributed by atoms with E-state index in [1.807, 2.05) is 18.2 Å². The minimum atomic E-state index is -0.809. The van der Waals surface area contributed by atoms with E-state index >= 15 is 0 Å². The van der Waals surface area contributed by atoms with Gasteiger partial charge in [-0.3, -0.25) is 4.79 Å². The number of hydrogen-bond donors (Lipinski definition) is 2. The lowest BCUT2D eigenvalue weighted by atomic mass is 9.90. The predicted octanol–water partition coefficient (Wildman–Crippen LogP) is 2.46. The van der Waals surface area contributed by atoms with Gasteiger partial charge in [0.15, 0.2) is 0 Å². The minimum absolute atomic E-state index is 0.118. The summed E-state index contributed by atoms with van der Waals surface area (Å²) in [5, 5.41) is 2.96. The fourth-order valence-electron chi connectivity index (χ4n) is 2.19. The van der Waals surface area contributed by atoms with Crippen molar-refractivity contribution in [2.45, 2.75) is 31.7 Å². The van der Waals surface area contributed by atoms with E-state index in [-0.39, 0.29) is 5.91 Å². The number of nitrogens with two attached hydrogens (primary N) is 1. The number of carbonyl (C=O) groups is 1. The number of anilines is 1. The quantitative estimate of drug-likeness (QED) is 0.896. The molecule has 0 atom stereocenters. The molecule has 3 N–H and O–H groups in total. The van der Waals surface area contributed by atoms with Gasteiger partial charge in [-0.25, -0.2) is 0 Å². The molecule has 5 heteroatoms. The first-order valence-corrected chi connectivity index (χ1v) is 7.31. The van der Waals surface area contributed by atoms with Crippen LogP contribution in [0, 0.1) is 0 Å². The molecule has 1 aliphatic heterocycles. The maximum absolute atomic E-state index is 12.3. The third-order valence-electron chi connectivity index (χ3n) is 3.53. The Morgan fingerprint density at radius 2 is 2.16 bits per heavy atom. The molecule has 1 aromatic carbocycles. The number of nitrogens with one attached hydrogen (secondary N) is 1. The van der Waals surface area contributed by atoms with E-state index in [0.717, 1.165) is 22.1 Å². The largest absolute Gasteiger partial charge is 0.381 e. The lowest BCUT2D eigenvalue weighted by Crippen LogP contribution is -2.54. The van der Waals surface area contributed by atoms with E-state index in [4.69, 9.17) is 10.5 Å². The van der Waals surface area contributed by atoms with Gasteiger partial charge in [0.25, 0.3) is 0 Å². The molecule has 0 bridgehead atoms. The van der Waals surface area contributed by atoms with Crippen LogP contribution in [0.1, 0.15) is 25.3 Å². The Bertz CT molecular complexity index is 471. The fourth-order valence-corrected chi connectivity index (χ4v) is 2.59. The zero-order valence-electron chi connectivity index (χ0n) is 11.0. The standard InChI is InChI=1S/C14H19BrN2O2/c1-2-10-9-11(15)3-4-12(10)17-13(18)14(16)5-7-19-8-6-14/h3-4,9H,2,5-8,16H2,1H3,(H,17,18). The van der Waals surface area contributed by atoms with Gasteiger partial charge in [-0.05, 0) is 43.0 Å². The summed E-state index contributed by atoms with van der Waals surface area (Å²) in [5.74, 6) is -0.118. The van der Waals surface area contributed by atoms with E-state index in [0.29, 0.717) is 26.1 Å². The first kappa shape index (κ1) is 14.5. The molecule has 104 valence electrons. The summed E-state index contributed by atoms with van der Waals surface area (Å²) in [6.45, 7) is 3.15. The molecule has 0 aromatic heterocycles. The summed E-state index contributed by atoms with van der Waals surface area (Å²) in [4.78, 5) is 12.3. The Kier molecular flexibility index (Phi) is 4.60. The van der Waals surface area contributed by atoms with Crippen molar-refractivity contribution in [2.75, 3.05) is 18.5 Å². The molecule has 4 nitrogen and oxygen atoms in total. The molecule has 1 heterocycles. The Labute approximate surface area is 121 Å². The molecule has 1 aromatic rings. The van der Waals surface area contributed by atoms with Gasteiger partial charge in [0.2, 0.25) is 5.91 Å². The van der Waals surface area contributed by atoms with E-state index in [1.54, 1.807) is 0 Å². The molecule has 1 fully saturated rings. The van der Waals surface area contributed by atoms with Gasteiger partial charge in [-0.1, -0.05) is 22.9 Å². The van der Waals surface area contributed by atoms with Crippen LogP contribution in [-0.4, -0.2) is 24.7 Å². The maximum atomic E-state index is 12.3. The number of aryl methyl sites for hydroxylation is 1. The molecule has 0 saturated carbocycles. The van der Waals surface area contributed by atoms with Crippen LogP contribution in [0.15, 0.2) is 22.7 Å². The molecular weight excluding hydrogens is 308 g/mol. The highest BCUT2D eigenvalue weighted by Crippen LogP contribution is 2.24. The highest BCUT2D eigenvalue weighted by Gasteiger charge is 2.36. The second kappa shape index (κ2) is 6.03. The molecule has 0 unspecified atom stereocenters. The number of rotatable bonds is 3. The van der Waals surface area contributed by atoms with E-state index in [2.05, 4.69) is 28.2 Å². The Balaban J connectivity index is 2.14. The van der Waals surface area contributed by atoms with Gasteiger partial charge in [0.1, 0.15) is 5.54 Å². The summed E-state index contributed by atoms with van der Waals surface area (Å²) in [7, 11) is 0. The van der Waals surface area contributed by atoms with Crippen molar-refractivity contribution in [3.8, 4) is 0 Å². The van der Waals surface area contributed by atoms with Gasteiger partial charge >= 0.3 is 0 Å². The van der Waals surface area contributed by atoms with E-state index in [1.165, 1.54) is 0 Å². The molecular formula is C14H19BrN2O2. The highest BCUT2D eigenvalue weighted by molar-refractivity contribution is 9.10. The van der Waals surface area contributed by atoms with E-state index in [9.17, 15) is 4.79 Å². The summed E-state index contributed by atoms with van der Waals surface area (Å²) in [6, 6.07) is 5.84. The first-order chi connectivity index (χ1) is 9.05. The van der Waals surface area contributed by atoms with Crippen LogP contribution < -0.4 is 11.1 Å². The zero-order valence-corrected chi connectivity index (χ0v) is 12.6. The van der Waals surface area contributed by atoms with Crippen LogP contribution in [0.25, 0.3) is 0 Å². The van der Waals surface area contributed by atoms with Crippen molar-refractivity contribution in [1.29, 1.82) is 0 Å². The minimum Gasteiger partial charge on any atom is -0.381 e. The van der Waals surface area contributed by atoms with Crippen molar-refractivity contribution >= 4 is 27.5 Å². The molecule has 1 amide bonds. The van der Waals surface area contributed by atoms with Crippen LogP contribution in [0.3, 0.4) is 0 Å². The Morgan fingerprint density at radius 1 is 1.47 bits per heavy atom. The van der Waals surface area contributed by atoms with Gasteiger partial charge in [0.05, 0.1) is 0 Å². The lowest BCUT2D eigenvalue weighted by Gasteiger charge is -2.32. The molecule has 19 heavy (non-hydrogen) atoms. The fraction of sp³-hybridized carbons (Fsp3) is 0.500. The first-order valence-electron chi connectivity index (χ1n) is 6.51. The summed E-state index contributed by atoms with van der Waals surface area (Å²) >= 11 is 3.44. The Hall–Kier alpha value is -0.910. The van der Waals surface area contributed by atoms with Gasteiger partial charge in [-0.2, -0.15) is 0 Å². The van der Waals surface area contributed by atoms with Crippen LogP contribution in [0.2, 0.25) is 0 Å².